The van der Waals surface area contributed by atoms with Gasteiger partial charge in [0, 0.05) is 19.1 Å². The van der Waals surface area contributed by atoms with Gasteiger partial charge >= 0.3 is 5.97 Å². The Morgan fingerprint density at radius 1 is 1.18 bits per heavy atom. The number of benzene rings is 2. The van der Waals surface area contributed by atoms with E-state index in [1.54, 1.807) is 0 Å². The zero-order valence-electron chi connectivity index (χ0n) is 18.7. The number of hydrogen-bond donors (Lipinski definition) is 2. The smallest absolute Gasteiger partial charge is 0.337 e. The van der Waals surface area contributed by atoms with E-state index in [1.807, 2.05) is 13.8 Å². The van der Waals surface area contributed by atoms with Gasteiger partial charge in [-0.2, -0.15) is 0 Å². The molecule has 1 aliphatic heterocycles. The molecule has 0 aromatic heterocycles. The molecule has 3 rings (SSSR count). The quantitative estimate of drug-likeness (QED) is 0.591. The first-order chi connectivity index (χ1) is 15.5. The summed E-state index contributed by atoms with van der Waals surface area (Å²) in [6, 6.07) is 8.73. The predicted octanol–water partition coefficient (Wildman–Crippen LogP) is 3.23. The Hall–Kier alpha value is -2.98. The van der Waals surface area contributed by atoms with Crippen LogP contribution >= 0.6 is 0 Å². The Morgan fingerprint density at radius 3 is 2.52 bits per heavy atom. The van der Waals surface area contributed by atoms with Crippen LogP contribution in [0.25, 0.3) is 0 Å². The third kappa shape index (κ3) is 6.52. The highest BCUT2D eigenvalue weighted by Crippen LogP contribution is 2.29. The van der Waals surface area contributed by atoms with E-state index in [1.165, 1.54) is 25.3 Å². The fraction of sp³-hybridized carbons (Fsp3) is 0.391. The van der Waals surface area contributed by atoms with E-state index in [0.29, 0.717) is 25.0 Å². The predicted molar refractivity (Wildman–Crippen MR) is 120 cm³/mol. The van der Waals surface area contributed by atoms with E-state index in [-0.39, 0.29) is 40.1 Å². The van der Waals surface area contributed by atoms with Gasteiger partial charge < -0.3 is 14.8 Å². The fourth-order valence-corrected chi connectivity index (χ4v) is 4.75. The summed E-state index contributed by atoms with van der Waals surface area (Å²) in [4.78, 5) is 24.6. The second-order valence-corrected chi connectivity index (χ2v) is 10.2. The van der Waals surface area contributed by atoms with Crippen LogP contribution in [0.15, 0.2) is 47.4 Å². The van der Waals surface area contributed by atoms with Crippen molar-refractivity contribution in [3.05, 3.63) is 59.4 Å². The Morgan fingerprint density at radius 2 is 1.88 bits per heavy atom. The molecule has 0 radical (unpaired) electrons. The maximum absolute atomic E-state index is 13.2. The Balaban J connectivity index is 1.79. The van der Waals surface area contributed by atoms with Crippen LogP contribution in [0.2, 0.25) is 0 Å². The van der Waals surface area contributed by atoms with E-state index in [4.69, 9.17) is 9.47 Å². The molecule has 2 N–H and O–H groups in total. The lowest BCUT2D eigenvalue weighted by molar-refractivity contribution is -0.135. The number of amides is 1. The van der Waals surface area contributed by atoms with Crippen LogP contribution < -0.4 is 10.0 Å². The van der Waals surface area contributed by atoms with Gasteiger partial charge in [-0.05, 0) is 74.7 Å². The van der Waals surface area contributed by atoms with Crippen molar-refractivity contribution in [2.24, 2.45) is 5.92 Å². The van der Waals surface area contributed by atoms with Crippen molar-refractivity contribution < 1.29 is 31.9 Å². The van der Waals surface area contributed by atoms with Gasteiger partial charge in [0.05, 0.1) is 28.9 Å². The largest absolute Gasteiger partial charge is 0.465 e. The molecule has 178 valence electrons. The van der Waals surface area contributed by atoms with Crippen LogP contribution in [-0.4, -0.2) is 39.6 Å². The first-order valence-corrected chi connectivity index (χ1v) is 11.9. The minimum absolute atomic E-state index is 0.0900. The number of carbonyl (C=O) groups is 2. The first kappa shape index (κ1) is 24.7. The van der Waals surface area contributed by atoms with E-state index in [2.05, 4.69) is 10.0 Å². The molecule has 0 spiro atoms. The van der Waals surface area contributed by atoms with Crippen LogP contribution in [0.4, 0.5) is 10.1 Å². The number of anilines is 1. The lowest BCUT2D eigenvalue weighted by Crippen LogP contribution is -2.41. The molecule has 1 heterocycles. The van der Waals surface area contributed by atoms with Crippen LogP contribution in [0, 0.1) is 11.7 Å². The normalized spacial score (nSPS) is 17.8. The summed E-state index contributed by atoms with van der Waals surface area (Å²) in [5, 5.41) is 2.85. The number of halogens is 1. The molecule has 1 aliphatic rings. The molecule has 1 fully saturated rings. The molecule has 2 aromatic carbocycles. The topological polar surface area (TPSA) is 111 Å². The number of carbonyl (C=O) groups excluding carboxylic acids is 2. The summed E-state index contributed by atoms with van der Waals surface area (Å²) in [5.41, 5.74) is 0.359. The van der Waals surface area contributed by atoms with Gasteiger partial charge in [0.2, 0.25) is 5.91 Å². The summed E-state index contributed by atoms with van der Waals surface area (Å²) in [5.74, 6) is -1.55. The summed E-state index contributed by atoms with van der Waals surface area (Å²) < 4.78 is 51.3. The molecule has 1 saturated heterocycles. The van der Waals surface area contributed by atoms with Crippen LogP contribution in [0.1, 0.15) is 42.6 Å². The molecule has 0 bridgehead atoms. The average molecular weight is 479 g/mol. The molecule has 0 unspecified atom stereocenters. The second kappa shape index (κ2) is 9.88. The van der Waals surface area contributed by atoms with Crippen LogP contribution in [-0.2, 0) is 30.8 Å². The minimum Gasteiger partial charge on any atom is -0.465 e. The molecular formula is C23H27FN2O6S. The molecule has 1 amide bonds. The summed E-state index contributed by atoms with van der Waals surface area (Å²) in [7, 11) is -2.81. The van der Waals surface area contributed by atoms with Crippen molar-refractivity contribution in [2.75, 3.05) is 18.4 Å². The van der Waals surface area contributed by atoms with Crippen LogP contribution in [0.3, 0.4) is 0 Å². The monoisotopic (exact) mass is 478 g/mol. The molecule has 2 aromatic rings. The standard InChI is InChI=1S/C23H27FN2O6S/c1-23(2)13-16(8-9-32-23)21(27)25-14-15-10-17(22(28)31-3)12-19(11-15)26-33(29,30)20-6-4-18(24)5-7-20/h4-7,10-12,16,26H,8-9,13-14H2,1-3H3,(H,25,27)/t16-/m0/s1. The van der Waals surface area contributed by atoms with Gasteiger partial charge in [-0.3, -0.25) is 9.52 Å². The number of rotatable bonds is 7. The van der Waals surface area contributed by atoms with Crippen LogP contribution in [0.5, 0.6) is 0 Å². The number of sulfonamides is 1. The number of methoxy groups -OCH3 is 1. The van der Waals surface area contributed by atoms with Gasteiger partial charge in [-0.25, -0.2) is 17.6 Å². The molecule has 1 atom stereocenters. The van der Waals surface area contributed by atoms with Crippen molar-refractivity contribution in [3.63, 3.8) is 0 Å². The highest BCUT2D eigenvalue weighted by Gasteiger charge is 2.32. The number of ether oxygens (including phenoxy) is 2. The zero-order chi connectivity index (χ0) is 24.2. The summed E-state index contributed by atoms with van der Waals surface area (Å²) in [6.07, 6.45) is 1.20. The number of esters is 1. The van der Waals surface area contributed by atoms with Crippen molar-refractivity contribution in [3.8, 4) is 0 Å². The highest BCUT2D eigenvalue weighted by molar-refractivity contribution is 7.92. The fourth-order valence-electron chi connectivity index (χ4n) is 3.71. The number of nitrogens with one attached hydrogen (secondary N) is 2. The highest BCUT2D eigenvalue weighted by atomic mass is 32.2. The average Bonchev–Trinajstić information content (AvgIpc) is 2.76. The summed E-state index contributed by atoms with van der Waals surface area (Å²) in [6.45, 7) is 4.46. The van der Waals surface area contributed by atoms with Crippen molar-refractivity contribution in [2.45, 2.75) is 43.7 Å². The first-order valence-electron chi connectivity index (χ1n) is 10.4. The van der Waals surface area contributed by atoms with E-state index >= 15 is 0 Å². The molecule has 10 heteroatoms. The lowest BCUT2D eigenvalue weighted by Gasteiger charge is -2.34. The minimum atomic E-state index is -4.03. The van der Waals surface area contributed by atoms with E-state index in [9.17, 15) is 22.4 Å². The number of hydrogen-bond acceptors (Lipinski definition) is 6. The lowest BCUT2D eigenvalue weighted by atomic mass is 9.88. The Labute approximate surface area is 192 Å². The summed E-state index contributed by atoms with van der Waals surface area (Å²) >= 11 is 0. The van der Waals surface area contributed by atoms with E-state index < -0.39 is 21.8 Å². The van der Waals surface area contributed by atoms with Gasteiger partial charge in [-0.15, -0.1) is 0 Å². The Kier molecular flexibility index (Phi) is 7.38. The van der Waals surface area contributed by atoms with Gasteiger partial charge in [0.1, 0.15) is 5.82 Å². The van der Waals surface area contributed by atoms with E-state index in [0.717, 1.165) is 24.3 Å². The molecule has 0 aliphatic carbocycles. The van der Waals surface area contributed by atoms with Crippen molar-refractivity contribution >= 4 is 27.6 Å². The SMILES string of the molecule is COC(=O)c1cc(CNC(=O)[C@H]2CCOC(C)(C)C2)cc(NS(=O)(=O)c2ccc(F)cc2)c1. The molecule has 8 nitrogen and oxygen atoms in total. The maximum Gasteiger partial charge on any atom is 0.337 e. The van der Waals surface area contributed by atoms with Crippen molar-refractivity contribution in [1.29, 1.82) is 0 Å². The van der Waals surface area contributed by atoms with Crippen molar-refractivity contribution in [1.82, 2.24) is 5.32 Å². The van der Waals surface area contributed by atoms with Gasteiger partial charge in [0.15, 0.2) is 0 Å². The molecule has 33 heavy (non-hydrogen) atoms. The third-order valence-electron chi connectivity index (χ3n) is 5.32. The zero-order valence-corrected chi connectivity index (χ0v) is 19.5. The maximum atomic E-state index is 13.2. The molecule has 0 saturated carbocycles. The van der Waals surface area contributed by atoms with Gasteiger partial charge in [-0.1, -0.05) is 0 Å². The third-order valence-corrected chi connectivity index (χ3v) is 6.72. The molecular weight excluding hydrogens is 451 g/mol. The Bertz CT molecular complexity index is 1130. The second-order valence-electron chi connectivity index (χ2n) is 8.49. The van der Waals surface area contributed by atoms with Gasteiger partial charge in [0.25, 0.3) is 10.0 Å².